The van der Waals surface area contributed by atoms with Crippen LogP contribution in [0.5, 0.6) is 0 Å². The first kappa shape index (κ1) is 17.7. The van der Waals surface area contributed by atoms with Gasteiger partial charge in [0.25, 0.3) is 0 Å². The van der Waals surface area contributed by atoms with E-state index in [-0.39, 0.29) is 5.95 Å². The van der Waals surface area contributed by atoms with E-state index in [1.54, 1.807) is 0 Å². The van der Waals surface area contributed by atoms with E-state index in [1.165, 1.54) is 33.0 Å². The number of fused-ring (bicyclic) bond motifs is 4. The minimum Gasteiger partial charge on any atom is -0.383 e. The van der Waals surface area contributed by atoms with Gasteiger partial charge in [-0.05, 0) is 51.8 Å². The fourth-order valence-corrected chi connectivity index (χ4v) is 4.66. The molecule has 5 aromatic rings. The average Bonchev–Trinajstić information content (AvgIpc) is 3.10. The Labute approximate surface area is 179 Å². The van der Waals surface area contributed by atoms with Crippen LogP contribution in [-0.2, 0) is 6.54 Å². The summed E-state index contributed by atoms with van der Waals surface area (Å²) in [5, 5.41) is 6.87. The number of nitrogens with one attached hydrogen (secondary N) is 1. The lowest BCUT2D eigenvalue weighted by molar-refractivity contribution is 1.09. The van der Waals surface area contributed by atoms with Gasteiger partial charge < -0.3 is 16.8 Å². The van der Waals surface area contributed by atoms with Crippen molar-refractivity contribution in [2.75, 3.05) is 16.8 Å². The van der Waals surface area contributed by atoms with Crippen molar-refractivity contribution in [2.45, 2.75) is 13.5 Å². The normalized spacial score (nSPS) is 11.8. The van der Waals surface area contributed by atoms with Crippen LogP contribution in [0.1, 0.15) is 11.1 Å². The Morgan fingerprint density at radius 2 is 1.55 bits per heavy atom. The molecule has 0 saturated carbocycles. The molecule has 0 bridgehead atoms. The second kappa shape index (κ2) is 6.40. The van der Waals surface area contributed by atoms with Crippen molar-refractivity contribution in [3.63, 3.8) is 0 Å². The molecule has 5 N–H and O–H groups in total. The van der Waals surface area contributed by atoms with Crippen molar-refractivity contribution in [2.24, 2.45) is 0 Å². The minimum absolute atomic E-state index is 0.136. The topological polar surface area (TPSA) is 103 Å². The third-order valence-electron chi connectivity index (χ3n) is 6.15. The molecule has 0 aliphatic heterocycles. The smallest absolute Gasteiger partial charge is 0.224 e. The average molecular weight is 404 g/mol. The molecule has 0 spiro atoms. The third-order valence-corrected chi connectivity index (χ3v) is 6.15. The largest absolute Gasteiger partial charge is 0.383 e. The molecule has 6 rings (SSSR count). The molecule has 6 nitrogen and oxygen atoms in total. The summed E-state index contributed by atoms with van der Waals surface area (Å²) in [5.41, 5.74) is 20.6. The highest BCUT2D eigenvalue weighted by atomic mass is 15.1. The number of rotatable bonds is 3. The fourth-order valence-electron chi connectivity index (χ4n) is 4.66. The van der Waals surface area contributed by atoms with Gasteiger partial charge in [0.2, 0.25) is 5.95 Å². The molecule has 0 saturated heterocycles. The molecule has 2 heterocycles. The number of nitrogens with two attached hydrogens (primary N) is 2. The second-order valence-corrected chi connectivity index (χ2v) is 7.86. The van der Waals surface area contributed by atoms with Crippen molar-refractivity contribution in [1.29, 1.82) is 0 Å². The maximum Gasteiger partial charge on any atom is 0.224 e. The van der Waals surface area contributed by atoms with Gasteiger partial charge in [-0.1, -0.05) is 48.5 Å². The standard InChI is InChI=1S/C25H20N6/c1-13-14(12-29-24-21(13)23(26)30-25(27)31-24)11-28-20-10-9-18-16-6-3-2-5-15(16)17-7-4-8-19(20)22(17)18/h2-10,12,28H,11H2,1H3,(H4,26,27,29,30,31). The molecule has 0 radical (unpaired) electrons. The molecule has 150 valence electrons. The Balaban J connectivity index is 1.41. The highest BCUT2D eigenvalue weighted by molar-refractivity contribution is 6.18. The number of anilines is 3. The minimum atomic E-state index is 0.136. The van der Waals surface area contributed by atoms with Gasteiger partial charge in [0.15, 0.2) is 5.65 Å². The molecule has 2 aromatic heterocycles. The van der Waals surface area contributed by atoms with Gasteiger partial charge in [-0.2, -0.15) is 9.97 Å². The van der Waals surface area contributed by atoms with Crippen molar-refractivity contribution in [3.8, 4) is 22.3 Å². The zero-order chi connectivity index (χ0) is 21.1. The van der Waals surface area contributed by atoms with E-state index >= 15 is 0 Å². The number of hydrogen-bond donors (Lipinski definition) is 3. The Hall–Kier alpha value is -4.19. The monoisotopic (exact) mass is 404 g/mol. The lowest BCUT2D eigenvalue weighted by atomic mass is 10.0. The van der Waals surface area contributed by atoms with Crippen LogP contribution in [0.25, 0.3) is 44.1 Å². The summed E-state index contributed by atoms with van der Waals surface area (Å²) in [5.74, 6) is 0.495. The Morgan fingerprint density at radius 3 is 2.35 bits per heavy atom. The van der Waals surface area contributed by atoms with Gasteiger partial charge >= 0.3 is 0 Å². The van der Waals surface area contributed by atoms with Crippen LogP contribution in [0.2, 0.25) is 0 Å². The van der Waals surface area contributed by atoms with Crippen molar-refractivity contribution >= 4 is 39.3 Å². The van der Waals surface area contributed by atoms with Crippen molar-refractivity contribution in [3.05, 3.63) is 71.9 Å². The fraction of sp³-hybridized carbons (Fsp3) is 0.0800. The molecule has 0 amide bonds. The van der Waals surface area contributed by atoms with E-state index in [1.807, 2.05) is 13.1 Å². The van der Waals surface area contributed by atoms with E-state index in [9.17, 15) is 0 Å². The van der Waals surface area contributed by atoms with Crippen molar-refractivity contribution < 1.29 is 0 Å². The van der Waals surface area contributed by atoms with Crippen LogP contribution in [0.15, 0.2) is 60.8 Å². The second-order valence-electron chi connectivity index (χ2n) is 7.86. The van der Waals surface area contributed by atoms with Crippen LogP contribution < -0.4 is 16.8 Å². The zero-order valence-electron chi connectivity index (χ0n) is 17.0. The molecule has 3 aromatic carbocycles. The first-order valence-corrected chi connectivity index (χ1v) is 10.2. The summed E-state index contributed by atoms with van der Waals surface area (Å²) in [6.45, 7) is 2.63. The van der Waals surface area contributed by atoms with Crippen LogP contribution in [0.4, 0.5) is 17.5 Å². The van der Waals surface area contributed by atoms with Gasteiger partial charge in [-0.3, -0.25) is 0 Å². The molecular weight excluding hydrogens is 384 g/mol. The molecule has 0 fully saturated rings. The first-order chi connectivity index (χ1) is 15.1. The maximum absolute atomic E-state index is 6.10. The number of nitrogens with zero attached hydrogens (tertiary/aromatic N) is 3. The number of nitrogen functional groups attached to an aromatic ring is 2. The van der Waals surface area contributed by atoms with E-state index in [0.717, 1.165) is 22.2 Å². The number of aryl methyl sites for hydroxylation is 1. The van der Waals surface area contributed by atoms with E-state index in [2.05, 4.69) is 74.9 Å². The molecule has 6 heteroatoms. The summed E-state index contributed by atoms with van der Waals surface area (Å²) in [4.78, 5) is 12.7. The lowest BCUT2D eigenvalue weighted by Crippen LogP contribution is -2.07. The SMILES string of the molecule is Cc1c(CNc2ccc3c4c(cccc24)-c2ccccc2-3)cnc2nc(N)nc(N)c12. The number of pyridine rings is 1. The van der Waals surface area contributed by atoms with E-state index < -0.39 is 0 Å². The van der Waals surface area contributed by atoms with Crippen LogP contribution in [0.3, 0.4) is 0 Å². The Kier molecular flexibility index (Phi) is 3.65. The van der Waals surface area contributed by atoms with Crippen molar-refractivity contribution in [1.82, 2.24) is 15.0 Å². The number of benzene rings is 3. The number of aromatic nitrogens is 3. The molecule has 1 aliphatic carbocycles. The molecule has 31 heavy (non-hydrogen) atoms. The van der Waals surface area contributed by atoms with Crippen LogP contribution in [-0.4, -0.2) is 15.0 Å². The molecular formula is C25H20N6. The summed E-state index contributed by atoms with van der Waals surface area (Å²) in [7, 11) is 0. The van der Waals surface area contributed by atoms with E-state index in [0.29, 0.717) is 18.0 Å². The summed E-state index contributed by atoms with van der Waals surface area (Å²) in [6.07, 6.45) is 1.83. The zero-order valence-corrected chi connectivity index (χ0v) is 17.0. The predicted octanol–water partition coefficient (Wildman–Crippen LogP) is 4.91. The van der Waals surface area contributed by atoms with Gasteiger partial charge in [-0.15, -0.1) is 0 Å². The van der Waals surface area contributed by atoms with Gasteiger partial charge in [-0.25, -0.2) is 4.98 Å². The first-order valence-electron chi connectivity index (χ1n) is 10.2. The Bertz CT molecular complexity index is 1490. The molecule has 1 aliphatic rings. The number of hydrogen-bond acceptors (Lipinski definition) is 6. The summed E-state index contributed by atoms with van der Waals surface area (Å²) in [6, 6.07) is 19.5. The van der Waals surface area contributed by atoms with Crippen LogP contribution in [0, 0.1) is 6.92 Å². The van der Waals surface area contributed by atoms with Gasteiger partial charge in [0.05, 0.1) is 5.39 Å². The summed E-state index contributed by atoms with van der Waals surface area (Å²) < 4.78 is 0. The maximum atomic E-state index is 6.10. The third kappa shape index (κ3) is 2.55. The van der Waals surface area contributed by atoms with E-state index in [4.69, 9.17) is 11.5 Å². The Morgan fingerprint density at radius 1 is 0.806 bits per heavy atom. The van der Waals surface area contributed by atoms with Gasteiger partial charge in [0, 0.05) is 23.8 Å². The molecule has 0 atom stereocenters. The summed E-state index contributed by atoms with van der Waals surface area (Å²) >= 11 is 0. The highest BCUT2D eigenvalue weighted by Crippen LogP contribution is 2.48. The quantitative estimate of drug-likeness (QED) is 0.387. The van der Waals surface area contributed by atoms with Gasteiger partial charge in [0.1, 0.15) is 5.82 Å². The lowest BCUT2D eigenvalue weighted by Gasteiger charge is -2.14. The highest BCUT2D eigenvalue weighted by Gasteiger charge is 2.21. The van der Waals surface area contributed by atoms with Crippen LogP contribution >= 0.6 is 0 Å². The molecule has 0 unspecified atom stereocenters. The predicted molar refractivity (Wildman–Crippen MR) is 127 cm³/mol.